The van der Waals surface area contributed by atoms with Crippen LogP contribution in [0.2, 0.25) is 1.41 Å². The number of rotatable bonds is 10. The summed E-state index contributed by atoms with van der Waals surface area (Å²) in [5, 5.41) is 10.3. The molecule has 0 saturated heterocycles. The number of benzene rings is 1. The standard InChI is InChI=1S/C19H28N2O5/c1-14(2)13-16(19(24)25)21(18(23)11-12-26-3)20-17(22)10-9-15-7-5-4-6-8-15/h4-8,14,16H,9-13H2,1-3H3,(H,20,22)(H,24,25)/t16-/m0/s1/i/hD. The fraction of sp³-hybridized carbons (Fsp3) is 0.526. The predicted molar refractivity (Wildman–Crippen MR) is 97.1 cm³/mol. The molecule has 0 aliphatic heterocycles. The number of carbonyl (C=O) groups is 3. The average molecular weight is 365 g/mol. The molecule has 1 rings (SSSR count). The third-order valence-corrected chi connectivity index (χ3v) is 3.74. The Morgan fingerprint density at radius 1 is 1.23 bits per heavy atom. The van der Waals surface area contributed by atoms with Crippen LogP contribution < -0.4 is 5.42 Å². The third-order valence-electron chi connectivity index (χ3n) is 3.74. The quantitative estimate of drug-likeness (QED) is 0.619. The normalized spacial score (nSPS) is 12.4. The highest BCUT2D eigenvalue weighted by Crippen LogP contribution is 2.12. The molecule has 1 aromatic rings. The van der Waals surface area contributed by atoms with Crippen LogP contribution in [0.1, 0.15) is 38.7 Å². The molecule has 1 aromatic carbocycles. The van der Waals surface area contributed by atoms with Crippen LogP contribution in [0.3, 0.4) is 0 Å². The second-order valence-corrected chi connectivity index (χ2v) is 6.44. The van der Waals surface area contributed by atoms with E-state index in [1.807, 2.05) is 44.2 Å². The highest BCUT2D eigenvalue weighted by molar-refractivity contribution is 5.86. The lowest BCUT2D eigenvalue weighted by atomic mass is 10.0. The number of aryl methyl sites for hydroxylation is 1. The fourth-order valence-electron chi connectivity index (χ4n) is 2.42. The maximum atomic E-state index is 12.5. The van der Waals surface area contributed by atoms with Gasteiger partial charge in [0.2, 0.25) is 11.8 Å². The Morgan fingerprint density at radius 3 is 2.42 bits per heavy atom. The van der Waals surface area contributed by atoms with E-state index in [9.17, 15) is 19.5 Å². The van der Waals surface area contributed by atoms with Crippen LogP contribution >= 0.6 is 0 Å². The summed E-state index contributed by atoms with van der Waals surface area (Å²) in [5.74, 6) is -2.55. The van der Waals surface area contributed by atoms with Crippen LogP contribution in [-0.4, -0.2) is 47.7 Å². The summed E-state index contributed by atoms with van der Waals surface area (Å²) in [5.41, 5.74) is 1.33. The topological polar surface area (TPSA) is 95.9 Å². The lowest BCUT2D eigenvalue weighted by Crippen LogP contribution is -2.55. The summed E-state index contributed by atoms with van der Waals surface area (Å²) in [6.45, 7) is 3.72. The Balaban J connectivity index is 2.95. The third kappa shape index (κ3) is 7.65. The van der Waals surface area contributed by atoms with Crippen LogP contribution in [0.15, 0.2) is 30.3 Å². The Labute approximate surface area is 155 Å². The number of carbonyl (C=O) groups excluding carboxylic acids is 2. The number of hydrogen-bond acceptors (Lipinski definition) is 4. The van der Waals surface area contributed by atoms with Crippen molar-refractivity contribution < 1.29 is 25.6 Å². The molecule has 2 N–H and O–H groups in total. The van der Waals surface area contributed by atoms with Gasteiger partial charge in [0.15, 0.2) is 7.45 Å². The number of hydrogen-bond donors (Lipinski definition) is 2. The Hall–Kier alpha value is -2.41. The molecule has 2 amide bonds. The van der Waals surface area contributed by atoms with Crippen molar-refractivity contribution in [2.75, 3.05) is 13.7 Å². The highest BCUT2D eigenvalue weighted by Gasteiger charge is 2.31. The summed E-state index contributed by atoms with van der Waals surface area (Å²) >= 11 is 0. The largest absolute Gasteiger partial charge is 0.480 e. The minimum atomic E-state index is -1.28. The molecule has 0 spiro atoms. The van der Waals surface area contributed by atoms with Crippen LogP contribution in [0.5, 0.6) is 0 Å². The molecule has 0 radical (unpaired) electrons. The molecule has 0 aromatic heterocycles. The van der Waals surface area contributed by atoms with Crippen LogP contribution in [0.25, 0.3) is 0 Å². The van der Waals surface area contributed by atoms with Crippen molar-refractivity contribution >= 4 is 17.8 Å². The van der Waals surface area contributed by atoms with E-state index in [1.165, 1.54) is 7.11 Å². The molecular formula is C19H28N2O5. The van der Waals surface area contributed by atoms with Crippen LogP contribution in [0, 0.1) is 5.92 Å². The summed E-state index contributed by atoms with van der Waals surface area (Å²) in [6.07, 6.45) is 0.418. The molecule has 144 valence electrons. The van der Waals surface area contributed by atoms with Gasteiger partial charge in [0, 0.05) is 13.5 Å². The summed E-state index contributed by atoms with van der Waals surface area (Å²) < 4.78 is 13.0. The Bertz CT molecular complexity index is 624. The minimum absolute atomic E-state index is 0.00438. The molecule has 0 fully saturated rings. The van der Waals surface area contributed by atoms with Crippen molar-refractivity contribution in [3.8, 4) is 0 Å². The molecule has 7 heteroatoms. The second-order valence-electron chi connectivity index (χ2n) is 6.44. The van der Waals surface area contributed by atoms with E-state index < -0.39 is 23.8 Å². The van der Waals surface area contributed by atoms with E-state index in [0.717, 1.165) is 10.6 Å². The van der Waals surface area contributed by atoms with E-state index in [0.29, 0.717) is 11.8 Å². The smallest absolute Gasteiger partial charge is 0.328 e. The highest BCUT2D eigenvalue weighted by atomic mass is 16.5. The zero-order valence-corrected chi connectivity index (χ0v) is 15.6. The summed E-state index contributed by atoms with van der Waals surface area (Å²) in [4.78, 5) is 36.7. The monoisotopic (exact) mass is 365 g/mol. The first-order chi connectivity index (χ1) is 12.8. The molecule has 0 heterocycles. The van der Waals surface area contributed by atoms with E-state index >= 15 is 0 Å². The van der Waals surface area contributed by atoms with Crippen molar-refractivity contribution in [3.05, 3.63) is 35.9 Å². The molecule has 0 unspecified atom stereocenters. The van der Waals surface area contributed by atoms with Crippen molar-refractivity contribution in [2.24, 2.45) is 5.92 Å². The number of methoxy groups -OCH3 is 1. The molecule has 0 aliphatic rings. The zero-order chi connectivity index (χ0) is 20.4. The van der Waals surface area contributed by atoms with Gasteiger partial charge in [-0.1, -0.05) is 44.2 Å². The lowest BCUT2D eigenvalue weighted by molar-refractivity contribution is -0.157. The first kappa shape index (κ1) is 19.9. The van der Waals surface area contributed by atoms with Gasteiger partial charge in [-0.15, -0.1) is 0 Å². The van der Waals surface area contributed by atoms with E-state index in [2.05, 4.69) is 0 Å². The molecule has 1 atom stereocenters. The number of hydrazine groups is 1. The Kier molecular flexibility index (Phi) is 8.62. The molecule has 0 aliphatic carbocycles. The summed E-state index contributed by atoms with van der Waals surface area (Å²) in [6, 6.07) is 8.00. The van der Waals surface area contributed by atoms with Crippen LogP contribution in [-0.2, 0) is 25.5 Å². The molecule has 26 heavy (non-hydrogen) atoms. The van der Waals surface area contributed by atoms with Gasteiger partial charge in [0.05, 0.1) is 13.0 Å². The van der Waals surface area contributed by atoms with Crippen molar-refractivity contribution in [1.29, 1.82) is 0 Å². The second kappa shape index (κ2) is 11.3. The van der Waals surface area contributed by atoms with Gasteiger partial charge in [-0.05, 0) is 24.3 Å². The molecule has 0 saturated carbocycles. The fourth-order valence-corrected chi connectivity index (χ4v) is 2.42. The molecule has 7 nitrogen and oxygen atoms in total. The zero-order valence-electron chi connectivity index (χ0n) is 16.6. The number of carboxylic acid groups (broad SMARTS) is 1. The van der Waals surface area contributed by atoms with Gasteiger partial charge >= 0.3 is 5.97 Å². The van der Waals surface area contributed by atoms with Crippen LogP contribution in [0.4, 0.5) is 0 Å². The van der Waals surface area contributed by atoms with Gasteiger partial charge in [0.1, 0.15) is 0 Å². The van der Waals surface area contributed by atoms with Gasteiger partial charge < -0.3 is 9.84 Å². The lowest BCUT2D eigenvalue weighted by Gasteiger charge is -2.30. The van der Waals surface area contributed by atoms with E-state index in [1.54, 1.807) is 0 Å². The first-order valence-corrected chi connectivity index (χ1v) is 8.67. The minimum Gasteiger partial charge on any atom is -0.480 e. The number of amides is 2. The SMILES string of the molecule is [2H]N(C(=O)CCc1ccccc1)N(C(=O)CCOC)[C@@H](CC(C)C)C(=O)O. The van der Waals surface area contributed by atoms with Gasteiger partial charge in [-0.2, -0.15) is 0 Å². The van der Waals surface area contributed by atoms with Crippen molar-refractivity contribution in [3.63, 3.8) is 0 Å². The van der Waals surface area contributed by atoms with Gasteiger partial charge in [-0.25, -0.2) is 9.80 Å². The van der Waals surface area contributed by atoms with E-state index in [4.69, 9.17) is 6.15 Å². The van der Waals surface area contributed by atoms with Crippen molar-refractivity contribution in [1.82, 2.24) is 10.4 Å². The Morgan fingerprint density at radius 2 is 1.88 bits per heavy atom. The number of ether oxygens (including phenoxy) is 1. The maximum Gasteiger partial charge on any atom is 0.328 e. The van der Waals surface area contributed by atoms with Gasteiger partial charge in [-0.3, -0.25) is 15.0 Å². The van der Waals surface area contributed by atoms with Gasteiger partial charge in [0.25, 0.3) is 0 Å². The predicted octanol–water partition coefficient (Wildman–Crippen LogP) is 2.01. The van der Waals surface area contributed by atoms with Crippen molar-refractivity contribution in [2.45, 2.75) is 45.6 Å². The number of aliphatic carboxylic acids is 1. The number of nitrogens with zero attached hydrogens (tertiary/aromatic N) is 1. The molecule has 0 bridgehead atoms. The molecular weight excluding hydrogens is 336 g/mol. The number of nitrogens with one attached hydrogen (secondary N) is 1. The average Bonchev–Trinajstić information content (AvgIpc) is 2.64. The first-order valence-electron chi connectivity index (χ1n) is 9.12. The number of carboxylic acids is 1. The summed E-state index contributed by atoms with van der Waals surface area (Å²) in [7, 11) is 1.42. The van der Waals surface area contributed by atoms with E-state index in [-0.39, 0.29) is 31.8 Å². The maximum absolute atomic E-state index is 12.5.